The summed E-state index contributed by atoms with van der Waals surface area (Å²) in [6, 6.07) is 4.29. The highest BCUT2D eigenvalue weighted by molar-refractivity contribution is 8.00. The van der Waals surface area contributed by atoms with E-state index in [0.29, 0.717) is 5.56 Å². The minimum absolute atomic E-state index is 0.205. The minimum atomic E-state index is -4.58. The van der Waals surface area contributed by atoms with Gasteiger partial charge in [-0.15, -0.1) is 0 Å². The highest BCUT2D eigenvalue weighted by Crippen LogP contribution is 2.41. The number of thioether (sulfide) groups is 1. The van der Waals surface area contributed by atoms with E-state index in [1.54, 1.807) is 6.07 Å². The van der Waals surface area contributed by atoms with Gasteiger partial charge in [0.05, 0.1) is 18.2 Å². The summed E-state index contributed by atoms with van der Waals surface area (Å²) in [4.78, 5) is 11.1. The molecule has 7 heteroatoms. The molecule has 0 amide bonds. The van der Waals surface area contributed by atoms with Crippen molar-refractivity contribution in [1.82, 2.24) is 0 Å². The molecule has 0 unspecified atom stereocenters. The predicted molar refractivity (Wildman–Crippen MR) is 59.1 cm³/mol. The number of alkyl halides is 3. The van der Waals surface area contributed by atoms with Gasteiger partial charge in [0.1, 0.15) is 6.07 Å². The Bertz CT molecular complexity index is 520. The zero-order valence-corrected chi connectivity index (χ0v) is 10.3. The first-order valence-corrected chi connectivity index (χ1v) is 5.49. The molecule has 0 radical (unpaired) electrons. The van der Waals surface area contributed by atoms with Crippen LogP contribution in [0.15, 0.2) is 17.0 Å². The van der Waals surface area contributed by atoms with Gasteiger partial charge in [-0.1, -0.05) is 6.07 Å². The average Bonchev–Trinajstić information content (AvgIpc) is 2.27. The maximum atomic E-state index is 12.4. The summed E-state index contributed by atoms with van der Waals surface area (Å²) < 4.78 is 41.8. The second-order valence-electron chi connectivity index (χ2n) is 3.29. The van der Waals surface area contributed by atoms with E-state index in [4.69, 9.17) is 5.26 Å². The van der Waals surface area contributed by atoms with E-state index in [1.807, 2.05) is 0 Å². The van der Waals surface area contributed by atoms with E-state index in [2.05, 4.69) is 4.74 Å². The highest BCUT2D eigenvalue weighted by atomic mass is 32.2. The number of esters is 1. The van der Waals surface area contributed by atoms with Crippen molar-refractivity contribution < 1.29 is 22.7 Å². The standard InChI is InChI=1S/C11H8F3NO2S/c1-6-3-4-7(5-15)9(18-11(12,13)14)8(6)10(16)17-2/h3-4H,1-2H3. The van der Waals surface area contributed by atoms with Gasteiger partial charge in [0.15, 0.2) is 0 Å². The number of hydrogen-bond donors (Lipinski definition) is 0. The number of halogens is 3. The average molecular weight is 275 g/mol. The summed E-state index contributed by atoms with van der Waals surface area (Å²) in [5.41, 5.74) is -4.68. The lowest BCUT2D eigenvalue weighted by Crippen LogP contribution is -2.10. The Kier molecular flexibility index (Phi) is 4.24. The molecule has 0 saturated carbocycles. The summed E-state index contributed by atoms with van der Waals surface area (Å²) in [6.07, 6.45) is 0. The van der Waals surface area contributed by atoms with E-state index in [0.717, 1.165) is 7.11 Å². The summed E-state index contributed by atoms with van der Waals surface area (Å²) in [7, 11) is 1.07. The quantitative estimate of drug-likeness (QED) is 0.614. The smallest absolute Gasteiger partial charge is 0.446 e. The van der Waals surface area contributed by atoms with Crippen LogP contribution in [0.1, 0.15) is 21.5 Å². The number of benzene rings is 1. The van der Waals surface area contributed by atoms with Gasteiger partial charge in [-0.05, 0) is 30.3 Å². The summed E-state index contributed by atoms with van der Waals surface area (Å²) in [6.45, 7) is 1.48. The molecule has 96 valence electrons. The lowest BCUT2D eigenvalue weighted by Gasteiger charge is -2.13. The third kappa shape index (κ3) is 3.17. The van der Waals surface area contributed by atoms with Crippen LogP contribution in [0.4, 0.5) is 13.2 Å². The van der Waals surface area contributed by atoms with E-state index < -0.39 is 28.1 Å². The van der Waals surface area contributed by atoms with Gasteiger partial charge >= 0.3 is 11.5 Å². The normalized spacial score (nSPS) is 10.9. The van der Waals surface area contributed by atoms with Crippen LogP contribution >= 0.6 is 11.8 Å². The molecule has 0 aromatic heterocycles. The second-order valence-corrected chi connectivity index (χ2v) is 4.36. The molecule has 18 heavy (non-hydrogen) atoms. The molecule has 0 aliphatic rings. The number of methoxy groups -OCH3 is 1. The molecule has 0 aliphatic heterocycles. The molecule has 1 rings (SSSR count). The Labute approximate surface area is 106 Å². The van der Waals surface area contributed by atoms with Crippen molar-refractivity contribution in [2.75, 3.05) is 7.11 Å². The van der Waals surface area contributed by atoms with Crippen molar-refractivity contribution in [1.29, 1.82) is 5.26 Å². The zero-order chi connectivity index (χ0) is 13.9. The Morgan fingerprint density at radius 2 is 2.06 bits per heavy atom. The van der Waals surface area contributed by atoms with Crippen LogP contribution in [0.2, 0.25) is 0 Å². The first-order chi connectivity index (χ1) is 8.30. The summed E-state index contributed by atoms with van der Waals surface area (Å²) in [5.74, 6) is -0.892. The van der Waals surface area contributed by atoms with Crippen molar-refractivity contribution in [2.45, 2.75) is 17.3 Å². The monoisotopic (exact) mass is 275 g/mol. The fraction of sp³-hybridized carbons (Fsp3) is 0.273. The molecule has 1 aromatic rings. The van der Waals surface area contributed by atoms with Crippen LogP contribution in [0.3, 0.4) is 0 Å². The number of hydrogen-bond acceptors (Lipinski definition) is 4. The molecule has 0 N–H and O–H groups in total. The van der Waals surface area contributed by atoms with Crippen LogP contribution in [-0.2, 0) is 4.74 Å². The highest BCUT2D eigenvalue weighted by Gasteiger charge is 2.33. The molecule has 0 heterocycles. The number of carbonyl (C=O) groups is 1. The van der Waals surface area contributed by atoms with Crippen molar-refractivity contribution in [3.8, 4) is 6.07 Å². The number of nitriles is 1. The van der Waals surface area contributed by atoms with Gasteiger partial charge in [0, 0.05) is 4.90 Å². The molecular weight excluding hydrogens is 267 g/mol. The minimum Gasteiger partial charge on any atom is -0.465 e. The van der Waals surface area contributed by atoms with Gasteiger partial charge in [0.2, 0.25) is 0 Å². The number of nitrogens with zero attached hydrogens (tertiary/aromatic N) is 1. The largest absolute Gasteiger partial charge is 0.465 e. The molecule has 0 spiro atoms. The van der Waals surface area contributed by atoms with Gasteiger partial charge in [-0.3, -0.25) is 0 Å². The van der Waals surface area contributed by atoms with Crippen LogP contribution in [0.25, 0.3) is 0 Å². The van der Waals surface area contributed by atoms with Crippen molar-refractivity contribution in [3.05, 3.63) is 28.8 Å². The van der Waals surface area contributed by atoms with Crippen LogP contribution in [-0.4, -0.2) is 18.6 Å². The molecule has 0 atom stereocenters. The summed E-state index contributed by atoms with van der Waals surface area (Å²) >= 11 is -0.487. The van der Waals surface area contributed by atoms with Gasteiger partial charge in [-0.25, -0.2) is 4.79 Å². The Morgan fingerprint density at radius 3 is 2.50 bits per heavy atom. The topological polar surface area (TPSA) is 50.1 Å². The third-order valence-corrected chi connectivity index (χ3v) is 2.95. The Hall–Kier alpha value is -1.68. The lowest BCUT2D eigenvalue weighted by atomic mass is 10.1. The van der Waals surface area contributed by atoms with E-state index in [9.17, 15) is 18.0 Å². The van der Waals surface area contributed by atoms with Crippen LogP contribution in [0.5, 0.6) is 0 Å². The molecule has 0 fully saturated rings. The molecular formula is C11H8F3NO2S. The van der Waals surface area contributed by atoms with Crippen molar-refractivity contribution in [3.63, 3.8) is 0 Å². The molecule has 0 saturated heterocycles. The number of rotatable bonds is 2. The van der Waals surface area contributed by atoms with Gasteiger partial charge < -0.3 is 4.74 Å². The number of ether oxygens (including phenoxy) is 1. The van der Waals surface area contributed by atoms with E-state index in [1.165, 1.54) is 19.1 Å². The third-order valence-electron chi connectivity index (χ3n) is 2.09. The van der Waals surface area contributed by atoms with E-state index >= 15 is 0 Å². The first kappa shape index (κ1) is 14.4. The first-order valence-electron chi connectivity index (χ1n) is 4.68. The van der Waals surface area contributed by atoms with Crippen LogP contribution in [0, 0.1) is 18.3 Å². The number of carbonyl (C=O) groups excluding carboxylic acids is 1. The maximum absolute atomic E-state index is 12.4. The van der Waals surface area contributed by atoms with Gasteiger partial charge in [0.25, 0.3) is 0 Å². The maximum Gasteiger partial charge on any atom is 0.446 e. The Morgan fingerprint density at radius 1 is 1.44 bits per heavy atom. The van der Waals surface area contributed by atoms with Crippen molar-refractivity contribution in [2.24, 2.45) is 0 Å². The summed E-state index contributed by atoms with van der Waals surface area (Å²) in [5, 5.41) is 8.80. The lowest BCUT2D eigenvalue weighted by molar-refractivity contribution is -0.0328. The zero-order valence-electron chi connectivity index (χ0n) is 9.46. The number of aryl methyl sites for hydroxylation is 1. The Balaban J connectivity index is 3.47. The fourth-order valence-electron chi connectivity index (χ4n) is 1.35. The molecule has 0 bridgehead atoms. The van der Waals surface area contributed by atoms with Crippen LogP contribution < -0.4 is 0 Å². The SMILES string of the molecule is COC(=O)c1c(C)ccc(C#N)c1SC(F)(F)F. The van der Waals surface area contributed by atoms with Gasteiger partial charge in [-0.2, -0.15) is 18.4 Å². The second kappa shape index (κ2) is 5.31. The predicted octanol–water partition coefficient (Wildman–Crippen LogP) is 3.27. The molecule has 0 aliphatic carbocycles. The van der Waals surface area contributed by atoms with Crippen molar-refractivity contribution >= 4 is 17.7 Å². The molecule has 3 nitrogen and oxygen atoms in total. The fourth-order valence-corrected chi connectivity index (χ4v) is 2.15. The van der Waals surface area contributed by atoms with E-state index in [-0.39, 0.29) is 11.1 Å². The molecule has 1 aromatic carbocycles.